The number of sulfone groups is 1. The highest BCUT2D eigenvalue weighted by Gasteiger charge is 2.47. The molecule has 9 aliphatic rings. The predicted molar refractivity (Wildman–Crippen MR) is 454 cm³/mol. The number of aromatic nitrogens is 9. The van der Waals surface area contributed by atoms with Gasteiger partial charge in [0.15, 0.2) is 24.9 Å². The molecular formula is C83H104N14O13S7. The molecule has 0 aromatic carbocycles. The number of amides is 2. The number of hydrogen-bond acceptors (Lipinski definition) is 24. The molecule has 2 atom stereocenters. The molecule has 0 bridgehead atoms. The summed E-state index contributed by atoms with van der Waals surface area (Å²) in [5, 5.41) is 6.44. The van der Waals surface area contributed by atoms with E-state index in [1.807, 2.05) is 127 Å². The second-order valence-corrected chi connectivity index (χ2v) is 46.5. The second-order valence-electron chi connectivity index (χ2n) is 35.0. The Morgan fingerprint density at radius 1 is 0.462 bits per heavy atom. The molecule has 0 saturated carbocycles. The minimum Gasteiger partial charge on any atom is -0.477 e. The molecule has 9 aliphatic heterocycles. The smallest absolute Gasteiger partial charge is 0.283 e. The monoisotopic (exact) mass is 1730 g/mol. The predicted octanol–water partition coefficient (Wildman–Crippen LogP) is 11.5. The van der Waals surface area contributed by atoms with Gasteiger partial charge in [0.1, 0.15) is 31.5 Å². The summed E-state index contributed by atoms with van der Waals surface area (Å²) >= 11 is 1.86. The zero-order valence-corrected chi connectivity index (χ0v) is 75.3. The fourth-order valence-corrected chi connectivity index (χ4v) is 25.1. The van der Waals surface area contributed by atoms with Crippen LogP contribution in [0, 0.1) is 0 Å². The fraction of sp³-hybridized carbons (Fsp3) is 0.434. The lowest BCUT2D eigenvalue weighted by atomic mass is 9.85. The largest absolute Gasteiger partial charge is 0.477 e. The number of nitrogens with one attached hydrogen (secondary N) is 3. The molecule has 0 fully saturated rings. The Kier molecular flexibility index (Phi) is 26.2. The van der Waals surface area contributed by atoms with Crippen molar-refractivity contribution in [2.75, 3.05) is 62.9 Å². The normalized spacial score (nSPS) is 22.2. The minimum absolute atomic E-state index is 0.0340. The van der Waals surface area contributed by atoms with E-state index in [1.165, 1.54) is 62.2 Å². The number of anilines is 1. The van der Waals surface area contributed by atoms with E-state index in [9.17, 15) is 51.7 Å². The van der Waals surface area contributed by atoms with Gasteiger partial charge in [-0.2, -0.15) is 12.7 Å². The van der Waals surface area contributed by atoms with Crippen molar-refractivity contribution in [1.29, 1.82) is 0 Å². The van der Waals surface area contributed by atoms with Crippen molar-refractivity contribution in [3.63, 3.8) is 0 Å². The van der Waals surface area contributed by atoms with Gasteiger partial charge in [-0.05, 0) is 116 Å². The van der Waals surface area contributed by atoms with Crippen LogP contribution >= 0.6 is 11.8 Å². The molecule has 0 aliphatic carbocycles. The summed E-state index contributed by atoms with van der Waals surface area (Å²) in [5.41, 5.74) is 9.64. The molecule has 9 aromatic rings. The Morgan fingerprint density at radius 2 is 0.957 bits per heavy atom. The van der Waals surface area contributed by atoms with Crippen LogP contribution in [0.1, 0.15) is 185 Å². The van der Waals surface area contributed by atoms with Crippen LogP contribution in [0.5, 0.6) is 5.88 Å². The van der Waals surface area contributed by atoms with Crippen LogP contribution in [-0.2, 0) is 115 Å². The number of carbonyl (C=O) groups is 2. The van der Waals surface area contributed by atoms with Crippen LogP contribution in [0.25, 0.3) is 0 Å². The van der Waals surface area contributed by atoms with E-state index >= 15 is 0 Å². The zero-order valence-electron chi connectivity index (χ0n) is 69.6. The molecule has 27 nitrogen and oxygen atoms in total. The first-order valence-electron chi connectivity index (χ1n) is 37.7. The quantitative estimate of drug-likeness (QED) is 0.127. The Bertz CT molecular complexity index is 5660. The summed E-state index contributed by atoms with van der Waals surface area (Å²) in [4.78, 5) is 59.5. The Balaban J connectivity index is 0.000000139. The lowest BCUT2D eigenvalue weighted by Crippen LogP contribution is -2.48. The first-order valence-corrected chi connectivity index (χ1v) is 47.1. The first kappa shape index (κ1) is 90.6. The second kappa shape index (κ2) is 33.8. The fourth-order valence-electron chi connectivity index (χ4n) is 14.5. The number of ether oxygens (including phenoxy) is 1. The first-order chi connectivity index (χ1) is 54.2. The van der Waals surface area contributed by atoms with Gasteiger partial charge in [-0.1, -0.05) is 145 Å². The third kappa shape index (κ3) is 19.3. The van der Waals surface area contributed by atoms with E-state index < -0.39 is 83.7 Å². The number of thioether (sulfide) groups is 1. The molecule has 626 valence electrons. The highest BCUT2D eigenvalue weighted by Crippen LogP contribution is 2.44. The van der Waals surface area contributed by atoms with Gasteiger partial charge in [0, 0.05) is 156 Å². The maximum absolute atomic E-state index is 12.0. The third-order valence-corrected chi connectivity index (χ3v) is 33.0. The van der Waals surface area contributed by atoms with Crippen LogP contribution < -0.4 is 19.5 Å². The molecule has 0 spiro atoms. The van der Waals surface area contributed by atoms with Crippen molar-refractivity contribution < 1.29 is 56.4 Å². The van der Waals surface area contributed by atoms with Crippen LogP contribution in [-0.4, -0.2) is 165 Å². The molecule has 2 amide bonds. The van der Waals surface area contributed by atoms with Gasteiger partial charge in [0.05, 0.1) is 45.5 Å². The van der Waals surface area contributed by atoms with E-state index in [2.05, 4.69) is 138 Å². The molecule has 18 heterocycles. The summed E-state index contributed by atoms with van der Waals surface area (Å²) in [6, 6.07) is 31.9. The molecule has 18 rings (SSSR count). The van der Waals surface area contributed by atoms with Crippen LogP contribution in [0.3, 0.4) is 0 Å². The molecule has 117 heavy (non-hydrogen) atoms. The Morgan fingerprint density at radius 3 is 1.54 bits per heavy atom. The number of pyridine rings is 9. The third-order valence-electron chi connectivity index (χ3n) is 21.4. The Labute approximate surface area is 697 Å². The lowest BCUT2D eigenvalue weighted by molar-refractivity contribution is -0.124. The van der Waals surface area contributed by atoms with Gasteiger partial charge in [-0.3, -0.25) is 23.8 Å². The SMILES string of the molecule is CC1(C)C(=O)NS(=O)(=O)c2ncccc21.CC1(C)CNc2cnccc21.CC1(C)COc2ncccc21.CC1(C)CS(=O)(=O)c2ncccc21.CC1(C)CS(=O)c2ncccc21.CC1(C)CSc2ncccc21.CC1(C)c2cccnc2C(=O)NS1(=O)=O.CN1CC(C)(C)c2cccnc2S1(=O)=O.CN1CC(C)(C)c2cccnc2S1=O. The van der Waals surface area contributed by atoms with Gasteiger partial charge in [-0.15, -0.1) is 11.8 Å². The average molecular weight is 1730 g/mol. The minimum atomic E-state index is -3.77. The highest BCUT2D eigenvalue weighted by atomic mass is 32.2. The van der Waals surface area contributed by atoms with Gasteiger partial charge in [0.25, 0.3) is 26.0 Å². The molecule has 0 radical (unpaired) electrons. The van der Waals surface area contributed by atoms with Gasteiger partial charge in [-0.25, -0.2) is 78.1 Å². The number of hydrogen-bond donors (Lipinski definition) is 3. The summed E-state index contributed by atoms with van der Waals surface area (Å²) < 4.78 is 129. The summed E-state index contributed by atoms with van der Waals surface area (Å²) in [7, 11) is -12.4. The molecule has 2 unspecified atom stereocenters. The number of fused-ring (bicyclic) bond motifs is 9. The van der Waals surface area contributed by atoms with E-state index in [0.717, 1.165) is 52.9 Å². The average Bonchev–Trinajstić information content (AvgIpc) is 1.70. The summed E-state index contributed by atoms with van der Waals surface area (Å²) in [6.07, 6.45) is 16.7. The van der Waals surface area contributed by atoms with Crippen molar-refractivity contribution in [2.24, 2.45) is 0 Å². The van der Waals surface area contributed by atoms with E-state index in [1.54, 1.807) is 89.7 Å². The van der Waals surface area contributed by atoms with Gasteiger partial charge >= 0.3 is 0 Å². The number of carbonyl (C=O) groups excluding carboxylic acids is 2. The van der Waals surface area contributed by atoms with Crippen molar-refractivity contribution >= 4 is 91.0 Å². The van der Waals surface area contributed by atoms with Gasteiger partial charge < -0.3 is 10.1 Å². The number of rotatable bonds is 0. The van der Waals surface area contributed by atoms with E-state index in [4.69, 9.17) is 4.74 Å². The standard InChI is InChI=1S/C10H14N2O2S.C10H14N2OS.2C9H10N2O3S.C9H12N2.C9H11NO2S.C9H11NOS.C9H11NO.C9H11NS/c1-10(2)7-12(3)15(13,14)9-8(10)5-4-6-11-9;1-10(2)7-12(3)14(13)9-8(10)5-4-6-11-9;1-9(2)6-4-3-5-10-7(6)15(13,14)11-8(9)12;1-9(2)6-4-3-5-10-7(6)8(12)11-15(9,13)14;1-9(2)6-11-8-5-10-4-3-7(8)9;1-9(2)6-13(11,12)8-7(9)4-3-5-10-8;1-9(2)6-12(11)8-7(9)4-3-5-10-8;2*1-9(2)6-11-8-7(9)4-3-5-10-8/h4-6H,7H2,1-3H3;4-6H,7H2,1-3H3;2*3-5H,1-2H3,(H,11,12);3-5,11H,6H2,1-2H3;3-5H,6H2,1-2H3;3-5H,6H2,1-2H3;2*3-5H,6H2,1-2H3. The summed E-state index contributed by atoms with van der Waals surface area (Å²) in [6.45, 7) is 39.3. The maximum Gasteiger partial charge on any atom is 0.283 e. The molecule has 9 aromatic heterocycles. The van der Waals surface area contributed by atoms with Crippen molar-refractivity contribution in [1.82, 2.24) is 62.9 Å². The number of nitrogens with zero attached hydrogens (tertiary/aromatic N) is 11. The van der Waals surface area contributed by atoms with Crippen LogP contribution in [0.2, 0.25) is 0 Å². The van der Waals surface area contributed by atoms with Gasteiger partial charge in [0.2, 0.25) is 21.8 Å². The Hall–Kier alpha value is -8.74. The molecule has 0 saturated heterocycles. The van der Waals surface area contributed by atoms with Crippen LogP contribution in [0.15, 0.2) is 195 Å². The maximum atomic E-state index is 12.0. The van der Waals surface area contributed by atoms with Crippen LogP contribution in [0.4, 0.5) is 5.69 Å². The number of likely N-dealkylation sites (N-methyl/N-ethyl adjacent to an activating group) is 2. The highest BCUT2D eigenvalue weighted by molar-refractivity contribution is 7.99. The van der Waals surface area contributed by atoms with Crippen molar-refractivity contribution in [2.45, 2.75) is 203 Å². The zero-order chi connectivity index (χ0) is 86.3. The molecule has 34 heteroatoms. The molecular weight excluding hydrogens is 1630 g/mol. The lowest BCUT2D eigenvalue weighted by Gasteiger charge is -2.36. The van der Waals surface area contributed by atoms with E-state index in [-0.39, 0.29) is 59.0 Å². The summed E-state index contributed by atoms with van der Waals surface area (Å²) in [5.74, 6) is 1.66. The van der Waals surface area contributed by atoms with Crippen molar-refractivity contribution in [3.8, 4) is 5.88 Å². The topological polar surface area (TPSA) is 373 Å². The van der Waals surface area contributed by atoms with Crippen molar-refractivity contribution in [3.05, 3.63) is 221 Å². The number of sulfonamides is 3. The van der Waals surface area contributed by atoms with E-state index in [0.29, 0.717) is 33.9 Å². The molecule has 3 N–H and O–H groups in total.